The van der Waals surface area contributed by atoms with Crippen molar-refractivity contribution in [2.24, 2.45) is 5.92 Å². The van der Waals surface area contributed by atoms with Crippen LogP contribution in [0.2, 0.25) is 0 Å². The Kier molecular flexibility index (Phi) is 10.9. The minimum atomic E-state index is -3.57. The summed E-state index contributed by atoms with van der Waals surface area (Å²) in [5.74, 6) is -0.173. The van der Waals surface area contributed by atoms with Crippen molar-refractivity contribution in [3.63, 3.8) is 0 Å². The largest absolute Gasteiger partial charge is 0.469 e. The average molecular weight is 516 g/mol. The third-order valence-corrected chi connectivity index (χ3v) is 8.96. The van der Waals surface area contributed by atoms with Gasteiger partial charge in [-0.2, -0.15) is 0 Å². The number of likely N-dealkylation sites (tertiary alicyclic amines) is 1. The standard InChI is InChI=1S/C28H41N3O4S/c1-4-5-18-29-27-21-24(28(32)35-3)16-19-31(27)20-17-25(23-12-8-6-9-13-23)22-30(2)36(33,34)26-14-10-7-11-15-26/h6-15,24-25,27,29H,4-5,16-22H2,1-3H3/t24?,25-,27-/m0/s1. The highest BCUT2D eigenvalue weighted by Gasteiger charge is 2.33. The van der Waals surface area contributed by atoms with Gasteiger partial charge in [0.25, 0.3) is 0 Å². The van der Waals surface area contributed by atoms with E-state index in [0.717, 1.165) is 57.3 Å². The van der Waals surface area contributed by atoms with Crippen molar-refractivity contribution >= 4 is 16.0 Å². The number of hydrogen-bond acceptors (Lipinski definition) is 6. The van der Waals surface area contributed by atoms with Crippen LogP contribution in [0.3, 0.4) is 0 Å². The molecule has 0 spiro atoms. The smallest absolute Gasteiger partial charge is 0.308 e. The van der Waals surface area contributed by atoms with Crippen molar-refractivity contribution < 1.29 is 17.9 Å². The molecular formula is C28H41N3O4S. The number of nitrogens with zero attached hydrogens (tertiary/aromatic N) is 2. The molecule has 198 valence electrons. The van der Waals surface area contributed by atoms with Crippen LogP contribution in [0.25, 0.3) is 0 Å². The summed E-state index contributed by atoms with van der Waals surface area (Å²) < 4.78 is 32.9. The summed E-state index contributed by atoms with van der Waals surface area (Å²) in [4.78, 5) is 14.9. The number of benzene rings is 2. The molecule has 1 saturated heterocycles. The molecule has 1 N–H and O–H groups in total. The van der Waals surface area contributed by atoms with Crippen LogP contribution >= 0.6 is 0 Å². The van der Waals surface area contributed by atoms with Crippen LogP contribution in [0.15, 0.2) is 65.6 Å². The lowest BCUT2D eigenvalue weighted by molar-refractivity contribution is -0.148. The fourth-order valence-electron chi connectivity index (χ4n) is 4.91. The molecule has 36 heavy (non-hydrogen) atoms. The summed E-state index contributed by atoms with van der Waals surface area (Å²) in [6.07, 6.45) is 4.62. The van der Waals surface area contributed by atoms with Crippen molar-refractivity contribution in [2.45, 2.75) is 56.0 Å². The Balaban J connectivity index is 1.72. The highest BCUT2D eigenvalue weighted by molar-refractivity contribution is 7.89. The van der Waals surface area contributed by atoms with Gasteiger partial charge in [0.15, 0.2) is 0 Å². The van der Waals surface area contributed by atoms with Gasteiger partial charge in [-0.25, -0.2) is 12.7 Å². The summed E-state index contributed by atoms with van der Waals surface area (Å²) in [7, 11) is -0.456. The van der Waals surface area contributed by atoms with E-state index in [4.69, 9.17) is 4.74 Å². The first-order valence-electron chi connectivity index (χ1n) is 13.0. The van der Waals surface area contributed by atoms with Crippen LogP contribution in [0.1, 0.15) is 50.5 Å². The third-order valence-electron chi connectivity index (χ3n) is 7.12. The third kappa shape index (κ3) is 7.62. The Hall–Kier alpha value is -2.26. The maximum atomic E-state index is 13.2. The number of esters is 1. The summed E-state index contributed by atoms with van der Waals surface area (Å²) in [6.45, 7) is 5.10. The molecule has 1 aliphatic rings. The van der Waals surface area contributed by atoms with E-state index in [2.05, 4.69) is 29.3 Å². The lowest BCUT2D eigenvalue weighted by atomic mass is 9.92. The van der Waals surface area contributed by atoms with Crippen LogP contribution < -0.4 is 5.32 Å². The molecule has 2 aromatic rings. The second-order valence-corrected chi connectivity index (χ2v) is 11.6. The molecule has 8 heteroatoms. The van der Waals surface area contributed by atoms with E-state index in [1.807, 2.05) is 24.3 Å². The molecular weight excluding hydrogens is 474 g/mol. The van der Waals surface area contributed by atoms with Gasteiger partial charge in [0, 0.05) is 26.7 Å². The van der Waals surface area contributed by atoms with Crippen molar-refractivity contribution in [3.8, 4) is 0 Å². The molecule has 0 radical (unpaired) electrons. The first-order chi connectivity index (χ1) is 17.4. The quantitative estimate of drug-likeness (QED) is 0.320. The van der Waals surface area contributed by atoms with Gasteiger partial charge < -0.3 is 10.1 Å². The zero-order valence-electron chi connectivity index (χ0n) is 21.8. The van der Waals surface area contributed by atoms with E-state index in [1.165, 1.54) is 11.4 Å². The highest BCUT2D eigenvalue weighted by atomic mass is 32.2. The predicted octanol–water partition coefficient (Wildman–Crippen LogP) is 4.08. The summed E-state index contributed by atoms with van der Waals surface area (Å²) in [5, 5.41) is 3.64. The number of sulfonamides is 1. The molecule has 1 fully saturated rings. The van der Waals surface area contributed by atoms with E-state index in [0.29, 0.717) is 11.4 Å². The molecule has 1 heterocycles. The molecule has 0 bridgehead atoms. The van der Waals surface area contributed by atoms with E-state index in [9.17, 15) is 13.2 Å². The highest BCUT2D eigenvalue weighted by Crippen LogP contribution is 2.27. The Morgan fingerprint density at radius 3 is 2.44 bits per heavy atom. The number of nitrogens with one attached hydrogen (secondary N) is 1. The Labute approximate surface area is 216 Å². The van der Waals surface area contributed by atoms with Crippen molar-refractivity contribution in [1.82, 2.24) is 14.5 Å². The number of ether oxygens (including phenoxy) is 1. The van der Waals surface area contributed by atoms with E-state index in [1.54, 1.807) is 31.3 Å². The van der Waals surface area contributed by atoms with Crippen LogP contribution in [-0.2, 0) is 19.6 Å². The number of rotatable bonds is 13. The van der Waals surface area contributed by atoms with Gasteiger partial charge in [-0.1, -0.05) is 61.9 Å². The first kappa shape index (κ1) is 28.3. The van der Waals surface area contributed by atoms with Crippen LogP contribution in [-0.4, -0.2) is 70.1 Å². The van der Waals surface area contributed by atoms with Gasteiger partial charge in [-0.05, 0) is 55.8 Å². The molecule has 2 aromatic carbocycles. The lowest BCUT2D eigenvalue weighted by Crippen LogP contribution is -2.52. The normalized spacial score (nSPS) is 19.8. The molecule has 0 aliphatic carbocycles. The summed E-state index contributed by atoms with van der Waals surface area (Å²) in [6, 6.07) is 18.7. The number of methoxy groups -OCH3 is 1. The minimum Gasteiger partial charge on any atom is -0.469 e. The monoisotopic (exact) mass is 515 g/mol. The minimum absolute atomic E-state index is 0.0457. The van der Waals surface area contributed by atoms with Gasteiger partial charge in [0.1, 0.15) is 0 Å². The topological polar surface area (TPSA) is 79.0 Å². The van der Waals surface area contributed by atoms with Crippen molar-refractivity contribution in [2.75, 3.05) is 40.3 Å². The van der Waals surface area contributed by atoms with Gasteiger partial charge in [0.05, 0.1) is 24.1 Å². The number of hydrogen-bond donors (Lipinski definition) is 1. The molecule has 0 aromatic heterocycles. The SMILES string of the molecule is CCCCN[C@@H]1CC(C(=O)OC)CCN1CC[C@@H](CN(C)S(=O)(=O)c1ccccc1)c1ccccc1. The second kappa shape index (κ2) is 13.9. The molecule has 1 aliphatic heterocycles. The Morgan fingerprint density at radius 2 is 1.81 bits per heavy atom. The Morgan fingerprint density at radius 1 is 1.14 bits per heavy atom. The fourth-order valence-corrected chi connectivity index (χ4v) is 6.15. The maximum Gasteiger partial charge on any atom is 0.308 e. The van der Waals surface area contributed by atoms with Gasteiger partial charge in [-0.3, -0.25) is 9.69 Å². The van der Waals surface area contributed by atoms with Gasteiger partial charge in [-0.15, -0.1) is 0 Å². The van der Waals surface area contributed by atoms with E-state index in [-0.39, 0.29) is 24.0 Å². The summed E-state index contributed by atoms with van der Waals surface area (Å²) >= 11 is 0. The van der Waals surface area contributed by atoms with Crippen molar-refractivity contribution in [3.05, 3.63) is 66.2 Å². The number of piperidine rings is 1. The number of carbonyl (C=O) groups is 1. The zero-order valence-corrected chi connectivity index (χ0v) is 22.6. The second-order valence-electron chi connectivity index (χ2n) is 9.60. The predicted molar refractivity (Wildman–Crippen MR) is 143 cm³/mol. The fraction of sp³-hybridized carbons (Fsp3) is 0.536. The lowest BCUT2D eigenvalue weighted by Gasteiger charge is -2.40. The van der Waals surface area contributed by atoms with Crippen LogP contribution in [0.4, 0.5) is 0 Å². The molecule has 0 amide bonds. The summed E-state index contributed by atoms with van der Waals surface area (Å²) in [5.41, 5.74) is 1.13. The molecule has 1 unspecified atom stereocenters. The molecule has 3 atom stereocenters. The Bertz CT molecular complexity index is 1030. The zero-order chi connectivity index (χ0) is 26.0. The van der Waals surface area contributed by atoms with Crippen molar-refractivity contribution in [1.29, 1.82) is 0 Å². The van der Waals surface area contributed by atoms with Gasteiger partial charge >= 0.3 is 5.97 Å². The van der Waals surface area contributed by atoms with E-state index < -0.39 is 10.0 Å². The van der Waals surface area contributed by atoms with Gasteiger partial charge in [0.2, 0.25) is 10.0 Å². The van der Waals surface area contributed by atoms with Crippen LogP contribution in [0.5, 0.6) is 0 Å². The average Bonchev–Trinajstić information content (AvgIpc) is 2.91. The molecule has 7 nitrogen and oxygen atoms in total. The first-order valence-corrected chi connectivity index (χ1v) is 14.4. The number of unbranched alkanes of at least 4 members (excludes halogenated alkanes) is 1. The molecule has 3 rings (SSSR count). The number of likely N-dealkylation sites (N-methyl/N-ethyl adjacent to an activating group) is 1. The van der Waals surface area contributed by atoms with E-state index >= 15 is 0 Å². The number of carbonyl (C=O) groups excluding carboxylic acids is 1. The van der Waals surface area contributed by atoms with Crippen LogP contribution in [0, 0.1) is 5.92 Å². The maximum absolute atomic E-state index is 13.2. The molecule has 0 saturated carbocycles.